The van der Waals surface area contributed by atoms with Crippen molar-refractivity contribution in [2.75, 3.05) is 19.9 Å². The van der Waals surface area contributed by atoms with Gasteiger partial charge >= 0.3 is 0 Å². The minimum atomic E-state index is -0.435. The van der Waals surface area contributed by atoms with Crippen molar-refractivity contribution < 1.29 is 24.2 Å². The van der Waals surface area contributed by atoms with Crippen LogP contribution in [0.2, 0.25) is 0 Å². The van der Waals surface area contributed by atoms with E-state index in [2.05, 4.69) is 11.4 Å². The molecular weight excluding hydrogens is 430 g/mol. The van der Waals surface area contributed by atoms with Crippen molar-refractivity contribution in [3.05, 3.63) is 82.9 Å². The molecule has 1 aliphatic heterocycles. The number of aliphatic hydroxyl groups excluding tert-OH is 1. The summed E-state index contributed by atoms with van der Waals surface area (Å²) in [7, 11) is 0. The lowest BCUT2D eigenvalue weighted by Gasteiger charge is -2.16. The van der Waals surface area contributed by atoms with Gasteiger partial charge in [-0.05, 0) is 71.8 Å². The Kier molecular flexibility index (Phi) is 5.84. The van der Waals surface area contributed by atoms with Crippen LogP contribution in [0.4, 0.5) is 0 Å². The van der Waals surface area contributed by atoms with Crippen LogP contribution in [0.25, 0.3) is 11.1 Å². The molecule has 2 N–H and O–H groups in total. The lowest BCUT2D eigenvalue weighted by atomic mass is 9.87. The zero-order valence-corrected chi connectivity index (χ0v) is 19.1. The van der Waals surface area contributed by atoms with Gasteiger partial charge in [0.2, 0.25) is 6.79 Å². The van der Waals surface area contributed by atoms with E-state index in [-0.39, 0.29) is 31.6 Å². The lowest BCUT2D eigenvalue weighted by Crippen LogP contribution is -2.26. The molecule has 34 heavy (non-hydrogen) atoms. The molecule has 2 aliphatic rings. The maximum Gasteiger partial charge on any atom is 0.251 e. The fourth-order valence-electron chi connectivity index (χ4n) is 4.57. The van der Waals surface area contributed by atoms with Gasteiger partial charge in [0.15, 0.2) is 11.5 Å². The van der Waals surface area contributed by atoms with E-state index >= 15 is 0 Å². The normalized spacial score (nSPS) is 15.1. The van der Waals surface area contributed by atoms with Crippen molar-refractivity contribution in [3.63, 3.8) is 0 Å². The summed E-state index contributed by atoms with van der Waals surface area (Å²) in [6, 6.07) is 19.3. The summed E-state index contributed by atoms with van der Waals surface area (Å²) >= 11 is 0. The Balaban J connectivity index is 1.34. The molecular formula is C28H27NO5. The van der Waals surface area contributed by atoms with Gasteiger partial charge in [0.25, 0.3) is 5.91 Å². The number of ketones is 1. The van der Waals surface area contributed by atoms with E-state index in [0.29, 0.717) is 17.7 Å². The van der Waals surface area contributed by atoms with Crippen molar-refractivity contribution in [2.45, 2.75) is 31.6 Å². The average Bonchev–Trinajstić information content (AvgIpc) is 3.54. The van der Waals surface area contributed by atoms with E-state index in [4.69, 9.17) is 14.6 Å². The maximum atomic E-state index is 13.4. The molecule has 1 saturated carbocycles. The van der Waals surface area contributed by atoms with Gasteiger partial charge in [-0.25, -0.2) is 0 Å². The quantitative estimate of drug-likeness (QED) is 0.535. The number of aliphatic hydroxyl groups is 1. The van der Waals surface area contributed by atoms with E-state index in [1.807, 2.05) is 49.4 Å². The standard InChI is InChI=1S/C28H27NO5/c1-18-2-3-19(14-23(18)20-4-6-21(7-5-20)27(32)29-12-13-30)15-26(31)28(10-11-28)22-8-9-24-25(16-22)34-17-33-24/h2-9,14,16,30H,10-13,15,17H2,1H3,(H,29,32). The Morgan fingerprint density at radius 1 is 0.971 bits per heavy atom. The van der Waals surface area contributed by atoms with Gasteiger partial charge in [-0.15, -0.1) is 0 Å². The predicted molar refractivity (Wildman–Crippen MR) is 128 cm³/mol. The second-order valence-electron chi connectivity index (χ2n) is 8.96. The number of Topliss-reactive ketones (excluding diaryl/α,β-unsaturated/α-hetero) is 1. The van der Waals surface area contributed by atoms with Crippen molar-refractivity contribution in [1.82, 2.24) is 5.32 Å². The molecule has 1 aliphatic carbocycles. The first-order valence-corrected chi connectivity index (χ1v) is 11.5. The Morgan fingerprint density at radius 2 is 1.74 bits per heavy atom. The summed E-state index contributed by atoms with van der Waals surface area (Å²) in [5.74, 6) is 1.45. The molecule has 0 aromatic heterocycles. The monoisotopic (exact) mass is 457 g/mol. The van der Waals surface area contributed by atoms with E-state index in [9.17, 15) is 9.59 Å². The zero-order chi connectivity index (χ0) is 23.7. The maximum absolute atomic E-state index is 13.4. The number of nitrogens with one attached hydrogen (secondary N) is 1. The molecule has 0 bridgehead atoms. The molecule has 6 heteroatoms. The van der Waals surface area contributed by atoms with Crippen molar-refractivity contribution in [2.24, 2.45) is 0 Å². The van der Waals surface area contributed by atoms with Crippen LogP contribution in [0.1, 0.15) is 39.9 Å². The molecule has 0 saturated heterocycles. The van der Waals surface area contributed by atoms with Crippen LogP contribution < -0.4 is 14.8 Å². The van der Waals surface area contributed by atoms with E-state index < -0.39 is 5.41 Å². The molecule has 6 nitrogen and oxygen atoms in total. The van der Waals surface area contributed by atoms with E-state index in [1.165, 1.54) is 0 Å². The van der Waals surface area contributed by atoms with Gasteiger partial charge in [0.1, 0.15) is 5.78 Å². The number of carbonyl (C=O) groups excluding carboxylic acids is 2. The molecule has 5 rings (SSSR count). The molecule has 174 valence electrons. The van der Waals surface area contributed by atoms with Crippen molar-refractivity contribution in [1.29, 1.82) is 0 Å². The van der Waals surface area contributed by atoms with Crippen LogP contribution in [0, 0.1) is 6.92 Å². The second kappa shape index (κ2) is 8.95. The van der Waals surface area contributed by atoms with Gasteiger partial charge in [0.05, 0.1) is 12.0 Å². The van der Waals surface area contributed by atoms with Crippen LogP contribution in [-0.4, -0.2) is 36.7 Å². The van der Waals surface area contributed by atoms with E-state index in [0.717, 1.165) is 46.4 Å². The summed E-state index contributed by atoms with van der Waals surface area (Å²) in [6.45, 7) is 2.39. The number of hydrogen-bond acceptors (Lipinski definition) is 5. The third-order valence-corrected chi connectivity index (χ3v) is 6.73. The first-order chi connectivity index (χ1) is 16.5. The average molecular weight is 458 g/mol. The Labute approximate surface area is 198 Å². The molecule has 1 fully saturated rings. The fraction of sp³-hybridized carbons (Fsp3) is 0.286. The highest BCUT2D eigenvalue weighted by Gasteiger charge is 2.50. The molecule has 0 spiro atoms. The zero-order valence-electron chi connectivity index (χ0n) is 19.1. The smallest absolute Gasteiger partial charge is 0.251 e. The molecule has 3 aromatic rings. The largest absolute Gasteiger partial charge is 0.454 e. The summed E-state index contributed by atoms with van der Waals surface area (Å²) in [5.41, 5.74) is 5.22. The van der Waals surface area contributed by atoms with Gasteiger partial charge < -0.3 is 19.9 Å². The number of aryl methyl sites for hydroxylation is 1. The molecule has 1 heterocycles. The number of ether oxygens (including phenoxy) is 2. The Morgan fingerprint density at radius 3 is 2.47 bits per heavy atom. The first-order valence-electron chi connectivity index (χ1n) is 11.5. The highest BCUT2D eigenvalue weighted by atomic mass is 16.7. The molecule has 0 atom stereocenters. The minimum absolute atomic E-state index is 0.0928. The van der Waals surface area contributed by atoms with Crippen LogP contribution in [0.15, 0.2) is 60.7 Å². The topological polar surface area (TPSA) is 84.9 Å². The van der Waals surface area contributed by atoms with Gasteiger partial charge in [-0.3, -0.25) is 9.59 Å². The summed E-state index contributed by atoms with van der Waals surface area (Å²) in [6.07, 6.45) is 2.07. The number of rotatable bonds is 8. The minimum Gasteiger partial charge on any atom is -0.454 e. The summed E-state index contributed by atoms with van der Waals surface area (Å²) < 4.78 is 10.9. The Bertz CT molecular complexity index is 1240. The van der Waals surface area contributed by atoms with Gasteiger partial charge in [-0.1, -0.05) is 36.4 Å². The SMILES string of the molecule is Cc1ccc(CC(=O)C2(c3ccc4c(c3)OCO4)CC2)cc1-c1ccc(C(=O)NCCO)cc1. The highest BCUT2D eigenvalue weighted by Crippen LogP contribution is 2.51. The number of amides is 1. The fourth-order valence-corrected chi connectivity index (χ4v) is 4.57. The van der Waals surface area contributed by atoms with Crippen LogP contribution in [-0.2, 0) is 16.6 Å². The summed E-state index contributed by atoms with van der Waals surface area (Å²) in [4.78, 5) is 25.5. The number of carbonyl (C=O) groups is 2. The van der Waals surface area contributed by atoms with Crippen LogP contribution >= 0.6 is 0 Å². The predicted octanol–water partition coefficient (Wildman–Crippen LogP) is 3.96. The third kappa shape index (κ3) is 4.17. The van der Waals surface area contributed by atoms with E-state index in [1.54, 1.807) is 12.1 Å². The number of hydrogen-bond donors (Lipinski definition) is 2. The molecule has 3 aromatic carbocycles. The highest BCUT2D eigenvalue weighted by molar-refractivity contribution is 5.95. The number of fused-ring (bicyclic) bond motifs is 1. The van der Waals surface area contributed by atoms with Crippen molar-refractivity contribution >= 4 is 11.7 Å². The molecule has 0 unspecified atom stereocenters. The van der Waals surface area contributed by atoms with Crippen LogP contribution in [0.3, 0.4) is 0 Å². The summed E-state index contributed by atoms with van der Waals surface area (Å²) in [5, 5.41) is 11.5. The van der Waals surface area contributed by atoms with Crippen molar-refractivity contribution in [3.8, 4) is 22.6 Å². The first kappa shape index (κ1) is 22.2. The molecule has 0 radical (unpaired) electrons. The van der Waals surface area contributed by atoms with Crippen LogP contribution in [0.5, 0.6) is 11.5 Å². The van der Waals surface area contributed by atoms with Gasteiger partial charge in [0, 0.05) is 18.5 Å². The second-order valence-corrected chi connectivity index (χ2v) is 8.96. The number of benzene rings is 3. The molecule has 1 amide bonds. The third-order valence-electron chi connectivity index (χ3n) is 6.73. The lowest BCUT2D eigenvalue weighted by molar-refractivity contribution is -0.120. The van der Waals surface area contributed by atoms with Gasteiger partial charge in [-0.2, -0.15) is 0 Å². The Hall–Kier alpha value is -3.64.